The molecule has 1 unspecified atom stereocenters. The lowest BCUT2D eigenvalue weighted by atomic mass is 9.76. The van der Waals surface area contributed by atoms with Crippen molar-refractivity contribution in [1.29, 1.82) is 0 Å². The van der Waals surface area contributed by atoms with E-state index < -0.39 is 11.4 Å². The molecule has 5 heteroatoms. The van der Waals surface area contributed by atoms with Crippen LogP contribution >= 0.6 is 0 Å². The molecular formula is C14H21NO4. The molecule has 2 N–H and O–H groups in total. The molecule has 1 aromatic rings. The number of furan rings is 1. The maximum atomic E-state index is 11.8. The summed E-state index contributed by atoms with van der Waals surface area (Å²) in [6.45, 7) is 7.30. The molecule has 1 heterocycles. The molecule has 1 rings (SSSR count). The molecule has 5 nitrogen and oxygen atoms in total. The Morgan fingerprint density at radius 1 is 1.42 bits per heavy atom. The Hall–Kier alpha value is -1.78. The molecule has 0 aliphatic carbocycles. The Morgan fingerprint density at radius 3 is 2.47 bits per heavy atom. The van der Waals surface area contributed by atoms with Crippen LogP contribution in [0, 0.1) is 18.3 Å². The first-order valence-corrected chi connectivity index (χ1v) is 6.31. The molecule has 1 amide bonds. The van der Waals surface area contributed by atoms with E-state index in [9.17, 15) is 14.7 Å². The maximum Gasteiger partial charge on any atom is 0.310 e. The number of aliphatic carboxylic acids is 1. The summed E-state index contributed by atoms with van der Waals surface area (Å²) in [5.74, 6) is 0.0787. The van der Waals surface area contributed by atoms with Crippen molar-refractivity contribution >= 4 is 11.9 Å². The number of carboxylic acids is 1. The molecule has 0 aromatic carbocycles. The number of hydrogen-bond acceptors (Lipinski definition) is 3. The van der Waals surface area contributed by atoms with Crippen molar-refractivity contribution in [2.24, 2.45) is 11.3 Å². The summed E-state index contributed by atoms with van der Waals surface area (Å²) >= 11 is 0. The standard InChI is InChI=1S/C14H21NO4/c1-9(2)14(4,13(17)18)7-12(16)15-8-11-6-5-10(3)19-11/h5-6,9H,7-8H2,1-4H3,(H,15,16)(H,17,18). The summed E-state index contributed by atoms with van der Waals surface area (Å²) in [6, 6.07) is 3.60. The van der Waals surface area contributed by atoms with E-state index in [1.807, 2.05) is 13.0 Å². The summed E-state index contributed by atoms with van der Waals surface area (Å²) < 4.78 is 5.33. The fraction of sp³-hybridized carbons (Fsp3) is 0.571. The number of carbonyl (C=O) groups is 2. The molecule has 0 saturated carbocycles. The van der Waals surface area contributed by atoms with Crippen LogP contribution in [-0.2, 0) is 16.1 Å². The van der Waals surface area contributed by atoms with Crippen LogP contribution in [0.4, 0.5) is 0 Å². The smallest absolute Gasteiger partial charge is 0.310 e. The van der Waals surface area contributed by atoms with E-state index in [4.69, 9.17) is 4.42 Å². The number of carboxylic acid groups (broad SMARTS) is 1. The highest BCUT2D eigenvalue weighted by molar-refractivity contribution is 5.84. The van der Waals surface area contributed by atoms with Crippen molar-refractivity contribution in [2.75, 3.05) is 0 Å². The zero-order valence-electron chi connectivity index (χ0n) is 11.8. The first-order valence-electron chi connectivity index (χ1n) is 6.31. The van der Waals surface area contributed by atoms with E-state index in [0.717, 1.165) is 5.76 Å². The van der Waals surface area contributed by atoms with E-state index in [0.29, 0.717) is 5.76 Å². The van der Waals surface area contributed by atoms with Gasteiger partial charge >= 0.3 is 5.97 Å². The number of aryl methyl sites for hydroxylation is 1. The average Bonchev–Trinajstić information content (AvgIpc) is 2.72. The molecule has 0 saturated heterocycles. The van der Waals surface area contributed by atoms with E-state index in [-0.39, 0.29) is 24.8 Å². The number of carbonyl (C=O) groups excluding carboxylic acids is 1. The second-order valence-electron chi connectivity index (χ2n) is 5.34. The lowest BCUT2D eigenvalue weighted by Gasteiger charge is -2.28. The quantitative estimate of drug-likeness (QED) is 0.829. The third-order valence-corrected chi connectivity index (χ3v) is 3.55. The Kier molecular flexibility index (Phi) is 4.75. The van der Waals surface area contributed by atoms with Gasteiger partial charge in [0.05, 0.1) is 12.0 Å². The fourth-order valence-electron chi connectivity index (χ4n) is 1.69. The number of hydrogen-bond donors (Lipinski definition) is 2. The largest absolute Gasteiger partial charge is 0.481 e. The molecule has 0 radical (unpaired) electrons. The highest BCUT2D eigenvalue weighted by atomic mass is 16.4. The van der Waals surface area contributed by atoms with Gasteiger partial charge in [0.1, 0.15) is 11.5 Å². The summed E-state index contributed by atoms with van der Waals surface area (Å²) in [5, 5.41) is 11.9. The summed E-state index contributed by atoms with van der Waals surface area (Å²) in [5.41, 5.74) is -1.05. The van der Waals surface area contributed by atoms with E-state index in [1.165, 1.54) is 0 Å². The summed E-state index contributed by atoms with van der Waals surface area (Å²) in [6.07, 6.45) is -0.0420. The molecule has 0 bridgehead atoms. The first kappa shape index (κ1) is 15.3. The van der Waals surface area contributed by atoms with E-state index >= 15 is 0 Å². The second kappa shape index (κ2) is 5.91. The molecule has 0 aliphatic rings. The highest BCUT2D eigenvalue weighted by Gasteiger charge is 2.38. The van der Waals surface area contributed by atoms with Crippen molar-refractivity contribution in [3.05, 3.63) is 23.7 Å². The number of amides is 1. The lowest BCUT2D eigenvalue weighted by Crippen LogP contribution is -2.39. The third kappa shape index (κ3) is 3.84. The van der Waals surface area contributed by atoms with Gasteiger partial charge in [0.15, 0.2) is 0 Å². The molecule has 0 aliphatic heterocycles. The summed E-state index contributed by atoms with van der Waals surface area (Å²) in [7, 11) is 0. The predicted molar refractivity (Wildman–Crippen MR) is 70.5 cm³/mol. The number of rotatable bonds is 6. The predicted octanol–water partition coefficient (Wildman–Crippen LogP) is 2.34. The first-order chi connectivity index (χ1) is 8.75. The van der Waals surface area contributed by atoms with Crippen molar-refractivity contribution in [2.45, 2.75) is 40.7 Å². The lowest BCUT2D eigenvalue weighted by molar-refractivity contribution is -0.153. The Morgan fingerprint density at radius 2 is 2.05 bits per heavy atom. The van der Waals surface area contributed by atoms with E-state index in [2.05, 4.69) is 5.32 Å². The number of nitrogens with one attached hydrogen (secondary N) is 1. The molecule has 0 fully saturated rings. The van der Waals surface area contributed by atoms with Crippen molar-refractivity contribution in [3.8, 4) is 0 Å². The Balaban J connectivity index is 2.57. The van der Waals surface area contributed by atoms with Gasteiger partial charge in [0.25, 0.3) is 0 Å². The molecular weight excluding hydrogens is 246 g/mol. The van der Waals surface area contributed by atoms with Gasteiger partial charge in [0.2, 0.25) is 5.91 Å². The van der Waals surface area contributed by atoms with Crippen LogP contribution in [0.2, 0.25) is 0 Å². The van der Waals surface area contributed by atoms with Gasteiger partial charge in [-0.2, -0.15) is 0 Å². The molecule has 1 aromatic heterocycles. The zero-order valence-corrected chi connectivity index (χ0v) is 11.8. The minimum absolute atomic E-state index is 0.0420. The average molecular weight is 267 g/mol. The Labute approximate surface area is 113 Å². The van der Waals surface area contributed by atoms with Crippen LogP contribution in [0.1, 0.15) is 38.7 Å². The molecule has 1 atom stereocenters. The second-order valence-corrected chi connectivity index (χ2v) is 5.34. The summed E-state index contributed by atoms with van der Waals surface area (Å²) in [4.78, 5) is 23.1. The molecule has 106 valence electrons. The molecule has 0 spiro atoms. The maximum absolute atomic E-state index is 11.8. The van der Waals surface area contributed by atoms with Crippen LogP contribution < -0.4 is 5.32 Å². The zero-order chi connectivity index (χ0) is 14.6. The van der Waals surface area contributed by atoms with Gasteiger partial charge in [-0.3, -0.25) is 9.59 Å². The normalized spacial score (nSPS) is 14.2. The molecule has 19 heavy (non-hydrogen) atoms. The van der Waals surface area contributed by atoms with Crippen molar-refractivity contribution in [3.63, 3.8) is 0 Å². The van der Waals surface area contributed by atoms with Crippen LogP contribution in [0.3, 0.4) is 0 Å². The van der Waals surface area contributed by atoms with Crippen LogP contribution in [0.15, 0.2) is 16.5 Å². The minimum Gasteiger partial charge on any atom is -0.481 e. The van der Waals surface area contributed by atoms with E-state index in [1.54, 1.807) is 26.8 Å². The topological polar surface area (TPSA) is 79.5 Å². The van der Waals surface area contributed by atoms with Gasteiger partial charge in [-0.1, -0.05) is 13.8 Å². The fourth-order valence-corrected chi connectivity index (χ4v) is 1.69. The van der Waals surface area contributed by atoms with Gasteiger partial charge in [-0.15, -0.1) is 0 Å². The van der Waals surface area contributed by atoms with Crippen LogP contribution in [0.25, 0.3) is 0 Å². The highest BCUT2D eigenvalue weighted by Crippen LogP contribution is 2.31. The van der Waals surface area contributed by atoms with Crippen LogP contribution in [0.5, 0.6) is 0 Å². The minimum atomic E-state index is -1.05. The van der Waals surface area contributed by atoms with Gasteiger partial charge in [-0.25, -0.2) is 0 Å². The van der Waals surface area contributed by atoms with Gasteiger partial charge in [0, 0.05) is 6.42 Å². The van der Waals surface area contributed by atoms with Crippen LogP contribution in [-0.4, -0.2) is 17.0 Å². The Bertz CT molecular complexity index is 464. The SMILES string of the molecule is Cc1ccc(CNC(=O)CC(C)(C(=O)O)C(C)C)o1. The van der Waals surface area contributed by atoms with Gasteiger partial charge < -0.3 is 14.8 Å². The monoisotopic (exact) mass is 267 g/mol. The third-order valence-electron chi connectivity index (χ3n) is 3.55. The van der Waals surface area contributed by atoms with Crippen molar-refractivity contribution < 1.29 is 19.1 Å². The van der Waals surface area contributed by atoms with Crippen molar-refractivity contribution in [1.82, 2.24) is 5.32 Å². The van der Waals surface area contributed by atoms with Gasteiger partial charge in [-0.05, 0) is 31.9 Å².